The third kappa shape index (κ3) is 3.00. The van der Waals surface area contributed by atoms with Gasteiger partial charge in [0.25, 0.3) is 0 Å². The summed E-state index contributed by atoms with van der Waals surface area (Å²) in [6, 6.07) is -0.715. The van der Waals surface area contributed by atoms with Gasteiger partial charge in [0.05, 0.1) is 10.7 Å². The highest BCUT2D eigenvalue weighted by Gasteiger charge is 2.38. The third-order valence-corrected chi connectivity index (χ3v) is 4.47. The predicted octanol–water partition coefficient (Wildman–Crippen LogP) is 1.51. The van der Waals surface area contributed by atoms with E-state index in [0.29, 0.717) is 25.8 Å². The average Bonchev–Trinajstić information content (AvgIpc) is 2.84. The van der Waals surface area contributed by atoms with E-state index in [-0.39, 0.29) is 23.9 Å². The lowest BCUT2D eigenvalue weighted by Crippen LogP contribution is -2.63. The fourth-order valence-electron chi connectivity index (χ4n) is 2.53. The molecule has 0 aliphatic carbocycles. The number of nitrogens with one attached hydrogen (secondary N) is 1. The molecule has 2 rings (SSSR count). The van der Waals surface area contributed by atoms with E-state index in [9.17, 15) is 9.59 Å². The lowest BCUT2D eigenvalue weighted by molar-refractivity contribution is -0.149. The number of carbonyl (C=O) groups excluding carboxylic acids is 2. The molecule has 1 saturated heterocycles. The fraction of sp³-hybridized carbons (Fsp3) is 0.643. The smallest absolute Gasteiger partial charge is 0.245 e. The van der Waals surface area contributed by atoms with E-state index in [1.165, 1.54) is 0 Å². The summed E-state index contributed by atoms with van der Waals surface area (Å²) < 4.78 is 0. The van der Waals surface area contributed by atoms with Gasteiger partial charge in [-0.15, -0.1) is 11.3 Å². The monoisotopic (exact) mass is 295 g/mol. The van der Waals surface area contributed by atoms with Gasteiger partial charge in [-0.05, 0) is 19.8 Å². The number of amides is 2. The van der Waals surface area contributed by atoms with Gasteiger partial charge in [-0.3, -0.25) is 9.59 Å². The summed E-state index contributed by atoms with van der Waals surface area (Å²) in [6.45, 7) is 6.38. The van der Waals surface area contributed by atoms with E-state index in [4.69, 9.17) is 0 Å². The first-order chi connectivity index (χ1) is 9.56. The molecule has 2 amide bonds. The summed E-state index contributed by atoms with van der Waals surface area (Å²) in [7, 11) is 0. The normalized spacial score (nSPS) is 23.1. The van der Waals surface area contributed by atoms with Crippen LogP contribution in [0.15, 0.2) is 5.38 Å². The van der Waals surface area contributed by atoms with Crippen LogP contribution in [-0.4, -0.2) is 40.3 Å². The molecule has 1 N–H and O–H groups in total. The molecular weight excluding hydrogens is 274 g/mol. The van der Waals surface area contributed by atoms with E-state index in [2.05, 4.69) is 10.3 Å². The van der Waals surface area contributed by atoms with Gasteiger partial charge in [-0.1, -0.05) is 13.8 Å². The molecule has 1 aromatic heterocycles. The van der Waals surface area contributed by atoms with Gasteiger partial charge in [0.1, 0.15) is 12.1 Å². The first-order valence-electron chi connectivity index (χ1n) is 7.08. The Balaban J connectivity index is 2.08. The van der Waals surface area contributed by atoms with Crippen molar-refractivity contribution in [3.05, 3.63) is 16.1 Å². The highest BCUT2D eigenvalue weighted by Crippen LogP contribution is 2.16. The largest absolute Gasteiger partial charge is 0.343 e. The summed E-state index contributed by atoms with van der Waals surface area (Å²) >= 11 is 1.61. The van der Waals surface area contributed by atoms with Crippen LogP contribution in [0, 0.1) is 6.92 Å². The van der Waals surface area contributed by atoms with Crippen molar-refractivity contribution in [2.45, 2.75) is 52.1 Å². The number of piperazine rings is 1. The minimum atomic E-state index is -0.373. The molecule has 2 unspecified atom stereocenters. The van der Waals surface area contributed by atoms with Crippen molar-refractivity contribution in [3.63, 3.8) is 0 Å². The molecule has 2 heterocycles. The SMILES string of the molecule is CCC1NC(=O)C(CC)N(CCc2csc(C)n2)C1=O. The molecule has 0 aromatic carbocycles. The van der Waals surface area contributed by atoms with Crippen LogP contribution in [0.3, 0.4) is 0 Å². The van der Waals surface area contributed by atoms with E-state index < -0.39 is 0 Å². The van der Waals surface area contributed by atoms with Crippen molar-refractivity contribution in [1.29, 1.82) is 0 Å². The molecular formula is C14H21N3O2S. The maximum atomic E-state index is 12.4. The Morgan fingerprint density at radius 3 is 2.65 bits per heavy atom. The lowest BCUT2D eigenvalue weighted by atomic mass is 10.0. The summed E-state index contributed by atoms with van der Waals surface area (Å²) in [5.74, 6) is -0.000639. The number of hydrogen-bond donors (Lipinski definition) is 1. The van der Waals surface area contributed by atoms with Crippen molar-refractivity contribution >= 4 is 23.2 Å². The molecule has 2 atom stereocenters. The molecule has 0 bridgehead atoms. The van der Waals surface area contributed by atoms with Crippen LogP contribution in [0.1, 0.15) is 37.4 Å². The number of thiazole rings is 1. The number of nitrogens with zero attached hydrogens (tertiary/aromatic N) is 2. The van der Waals surface area contributed by atoms with Crippen LogP contribution in [0.4, 0.5) is 0 Å². The highest BCUT2D eigenvalue weighted by atomic mass is 32.1. The molecule has 0 spiro atoms. The second kappa shape index (κ2) is 6.35. The zero-order valence-electron chi connectivity index (χ0n) is 12.2. The summed E-state index contributed by atoms with van der Waals surface area (Å²) in [6.07, 6.45) is 1.98. The van der Waals surface area contributed by atoms with Crippen LogP contribution in [0.5, 0.6) is 0 Å². The maximum Gasteiger partial charge on any atom is 0.245 e. The molecule has 1 aliphatic rings. The van der Waals surface area contributed by atoms with Gasteiger partial charge >= 0.3 is 0 Å². The average molecular weight is 295 g/mol. The van der Waals surface area contributed by atoms with Crippen LogP contribution >= 0.6 is 11.3 Å². The van der Waals surface area contributed by atoms with Crippen molar-refractivity contribution < 1.29 is 9.59 Å². The topological polar surface area (TPSA) is 62.3 Å². The van der Waals surface area contributed by atoms with Crippen LogP contribution in [-0.2, 0) is 16.0 Å². The maximum absolute atomic E-state index is 12.4. The number of carbonyl (C=O) groups is 2. The zero-order valence-corrected chi connectivity index (χ0v) is 13.0. The van der Waals surface area contributed by atoms with Gasteiger partial charge in [0, 0.05) is 18.3 Å². The Bertz CT molecular complexity index is 500. The fourth-order valence-corrected chi connectivity index (χ4v) is 3.18. The van der Waals surface area contributed by atoms with Crippen molar-refractivity contribution in [2.24, 2.45) is 0 Å². The first kappa shape index (κ1) is 15.0. The number of hydrogen-bond acceptors (Lipinski definition) is 4. The van der Waals surface area contributed by atoms with Crippen LogP contribution in [0.2, 0.25) is 0 Å². The van der Waals surface area contributed by atoms with Gasteiger partial charge in [-0.2, -0.15) is 0 Å². The van der Waals surface area contributed by atoms with Crippen molar-refractivity contribution in [3.8, 4) is 0 Å². The standard InChI is InChI=1S/C14H21N3O2S/c1-4-11-14(19)17(12(5-2)13(18)16-11)7-6-10-8-20-9(3)15-10/h8,11-12H,4-7H2,1-3H3,(H,16,18). The number of aryl methyl sites for hydroxylation is 1. The zero-order chi connectivity index (χ0) is 14.7. The summed E-state index contributed by atoms with van der Waals surface area (Å²) in [5.41, 5.74) is 0.995. The Labute approximate surface area is 123 Å². The Morgan fingerprint density at radius 2 is 2.10 bits per heavy atom. The molecule has 1 fully saturated rings. The lowest BCUT2D eigenvalue weighted by Gasteiger charge is -2.38. The number of rotatable bonds is 5. The minimum absolute atomic E-state index is 0.0332. The summed E-state index contributed by atoms with van der Waals surface area (Å²) in [4.78, 5) is 30.6. The highest BCUT2D eigenvalue weighted by molar-refractivity contribution is 7.09. The van der Waals surface area contributed by atoms with Crippen molar-refractivity contribution in [2.75, 3.05) is 6.54 Å². The van der Waals surface area contributed by atoms with Gasteiger partial charge in [-0.25, -0.2) is 4.98 Å². The number of aromatic nitrogens is 1. The van der Waals surface area contributed by atoms with E-state index in [1.54, 1.807) is 16.2 Å². The second-order valence-electron chi connectivity index (χ2n) is 5.03. The van der Waals surface area contributed by atoms with E-state index >= 15 is 0 Å². The predicted molar refractivity (Wildman–Crippen MR) is 78.6 cm³/mol. The Kier molecular flexibility index (Phi) is 4.75. The van der Waals surface area contributed by atoms with Gasteiger partial charge in [0.15, 0.2) is 0 Å². The van der Waals surface area contributed by atoms with Crippen LogP contribution < -0.4 is 5.32 Å². The van der Waals surface area contributed by atoms with Gasteiger partial charge < -0.3 is 10.2 Å². The molecule has 0 radical (unpaired) electrons. The van der Waals surface area contributed by atoms with E-state index in [1.807, 2.05) is 26.2 Å². The molecule has 1 aromatic rings. The van der Waals surface area contributed by atoms with Crippen LogP contribution in [0.25, 0.3) is 0 Å². The molecule has 6 heteroatoms. The third-order valence-electron chi connectivity index (χ3n) is 3.65. The van der Waals surface area contributed by atoms with Crippen molar-refractivity contribution in [1.82, 2.24) is 15.2 Å². The quantitative estimate of drug-likeness (QED) is 0.895. The summed E-state index contributed by atoms with van der Waals surface area (Å²) in [5, 5.41) is 5.85. The van der Waals surface area contributed by atoms with E-state index in [0.717, 1.165) is 10.7 Å². The Hall–Kier alpha value is -1.43. The minimum Gasteiger partial charge on any atom is -0.343 e. The van der Waals surface area contributed by atoms with Gasteiger partial charge in [0.2, 0.25) is 11.8 Å². The Morgan fingerprint density at radius 1 is 1.35 bits per heavy atom. The molecule has 20 heavy (non-hydrogen) atoms. The second-order valence-corrected chi connectivity index (χ2v) is 6.10. The first-order valence-corrected chi connectivity index (χ1v) is 7.96. The molecule has 110 valence electrons. The molecule has 5 nitrogen and oxygen atoms in total. The molecule has 0 saturated carbocycles. The molecule has 1 aliphatic heterocycles.